The Kier molecular flexibility index (Phi) is 10.9. The van der Waals surface area contributed by atoms with Crippen LogP contribution in [0.5, 0.6) is 5.88 Å². The molecule has 0 amide bonds. The van der Waals surface area contributed by atoms with Crippen molar-refractivity contribution in [2.45, 2.75) is 52.4 Å². The Balaban J connectivity index is 1.58. The number of hydrogen-bond donors (Lipinski definition) is 4. The number of esters is 1. The third-order valence-electron chi connectivity index (χ3n) is 7.71. The summed E-state index contributed by atoms with van der Waals surface area (Å²) in [6, 6.07) is 1.26. The molecule has 0 aliphatic carbocycles. The number of carbonyl (C=O) groups excluding carboxylic acids is 2. The predicted molar refractivity (Wildman–Crippen MR) is 182 cm³/mol. The number of unbranched alkanes of at least 4 members (excludes halogenated alkanes) is 2. The highest BCUT2D eigenvalue weighted by molar-refractivity contribution is 6.00. The first-order valence-electron chi connectivity index (χ1n) is 16.0. The highest BCUT2D eigenvalue weighted by atomic mass is 16.5. The first kappa shape index (κ1) is 35.9. The maximum Gasteiger partial charge on any atom is 0.343 e. The summed E-state index contributed by atoms with van der Waals surface area (Å²) in [4.78, 5) is 33.2. The number of aromatic nitrogens is 10. The summed E-state index contributed by atoms with van der Waals surface area (Å²) >= 11 is 0. The van der Waals surface area contributed by atoms with Crippen molar-refractivity contribution in [1.29, 1.82) is 0 Å². The van der Waals surface area contributed by atoms with Gasteiger partial charge in [0.05, 0.1) is 36.5 Å². The minimum absolute atomic E-state index is 0.0131. The van der Waals surface area contributed by atoms with Crippen LogP contribution in [-0.2, 0) is 31.7 Å². The molecule has 0 unspecified atom stereocenters. The van der Waals surface area contributed by atoms with Crippen LogP contribution in [0.4, 0.5) is 34.6 Å². The third-order valence-corrected chi connectivity index (χ3v) is 7.71. The lowest BCUT2D eigenvalue weighted by Gasteiger charge is -2.07. The van der Waals surface area contributed by atoms with Gasteiger partial charge in [-0.3, -0.25) is 4.79 Å². The van der Waals surface area contributed by atoms with Gasteiger partial charge in [-0.15, -0.1) is 20.5 Å². The molecule has 51 heavy (non-hydrogen) atoms. The molecule has 0 aromatic carbocycles. The Morgan fingerprint density at radius 3 is 1.90 bits per heavy atom. The molecule has 5 rings (SSSR count). The Labute approximate surface area is 290 Å². The van der Waals surface area contributed by atoms with Gasteiger partial charge in [-0.05, 0) is 25.7 Å². The fraction of sp³-hybridized carbons (Fsp3) is 0.400. The summed E-state index contributed by atoms with van der Waals surface area (Å²) in [5.74, 6) is -1.37. The normalized spacial score (nSPS) is 11.7. The first-order chi connectivity index (χ1) is 24.5. The number of aromatic hydroxyl groups is 1. The van der Waals surface area contributed by atoms with Gasteiger partial charge in [0.1, 0.15) is 12.2 Å². The van der Waals surface area contributed by atoms with Crippen LogP contribution < -0.4 is 11.5 Å². The van der Waals surface area contributed by atoms with Crippen molar-refractivity contribution in [3.8, 4) is 17.6 Å². The lowest BCUT2D eigenvalue weighted by Crippen LogP contribution is -2.11. The molecule has 5 heterocycles. The second kappa shape index (κ2) is 15.4. The number of nitrogen functional groups attached to an aromatic ring is 2. The van der Waals surface area contributed by atoms with E-state index in [1.54, 1.807) is 14.1 Å². The van der Waals surface area contributed by atoms with E-state index in [0.29, 0.717) is 24.2 Å². The average molecular weight is 703 g/mol. The molecule has 0 aliphatic heterocycles. The molecule has 5 aromatic rings. The number of ether oxygens (including phenoxy) is 1. The Bertz CT molecular complexity index is 1980. The molecule has 0 atom stereocenters. The summed E-state index contributed by atoms with van der Waals surface area (Å²) in [7, 11) is 4.43. The fourth-order valence-corrected chi connectivity index (χ4v) is 4.95. The zero-order chi connectivity index (χ0) is 36.8. The molecule has 0 fully saturated rings. The van der Waals surface area contributed by atoms with E-state index >= 15 is 0 Å². The second-order valence-electron chi connectivity index (χ2n) is 11.3. The molecule has 0 spiro atoms. The molecule has 0 bridgehead atoms. The molecule has 0 radical (unpaired) electrons. The van der Waals surface area contributed by atoms with Crippen LogP contribution in [0.2, 0.25) is 0 Å². The number of aliphatic hydroxyl groups excluding tert-OH is 1. The van der Waals surface area contributed by atoms with Gasteiger partial charge < -0.3 is 26.4 Å². The molecule has 21 nitrogen and oxygen atoms in total. The van der Waals surface area contributed by atoms with Crippen molar-refractivity contribution in [3.05, 3.63) is 41.0 Å². The van der Waals surface area contributed by atoms with Gasteiger partial charge >= 0.3 is 5.97 Å². The van der Waals surface area contributed by atoms with E-state index in [0.717, 1.165) is 25.7 Å². The van der Waals surface area contributed by atoms with Crippen molar-refractivity contribution >= 4 is 46.4 Å². The Morgan fingerprint density at radius 1 is 0.824 bits per heavy atom. The number of carbonyl (C=O) groups is 2. The highest BCUT2D eigenvalue weighted by Gasteiger charge is 2.24. The summed E-state index contributed by atoms with van der Waals surface area (Å²) in [6.45, 7) is 3.32. The van der Waals surface area contributed by atoms with Gasteiger partial charge in [0.15, 0.2) is 46.2 Å². The number of aryl methyl sites for hydroxylation is 4. The molecular formula is C30H38N16O5. The van der Waals surface area contributed by atoms with Crippen LogP contribution in [0.3, 0.4) is 0 Å². The largest absolute Gasteiger partial charge is 0.493 e. The van der Waals surface area contributed by atoms with Crippen molar-refractivity contribution in [3.63, 3.8) is 0 Å². The predicted octanol–water partition coefficient (Wildman–Crippen LogP) is 3.66. The summed E-state index contributed by atoms with van der Waals surface area (Å²) in [6.07, 6.45) is 6.78. The van der Waals surface area contributed by atoms with E-state index in [4.69, 9.17) is 16.2 Å². The molecule has 0 aliphatic rings. The molecule has 21 heteroatoms. The monoisotopic (exact) mass is 702 g/mol. The van der Waals surface area contributed by atoms with E-state index in [9.17, 15) is 19.8 Å². The van der Waals surface area contributed by atoms with Crippen molar-refractivity contribution in [2.24, 2.45) is 34.6 Å². The van der Waals surface area contributed by atoms with Crippen LogP contribution in [0.25, 0.3) is 11.8 Å². The summed E-state index contributed by atoms with van der Waals surface area (Å²) in [5.41, 5.74) is 14.7. The number of anilines is 2. The number of ketones is 1. The van der Waals surface area contributed by atoms with Crippen LogP contribution in [0.15, 0.2) is 38.9 Å². The van der Waals surface area contributed by atoms with Crippen LogP contribution in [-0.4, -0.2) is 84.8 Å². The van der Waals surface area contributed by atoms with Crippen molar-refractivity contribution in [2.75, 3.05) is 25.2 Å². The van der Waals surface area contributed by atoms with E-state index in [2.05, 4.69) is 50.8 Å². The number of Topliss-reactive ketones (excluding diaryl/α,β-unsaturated/α-hetero) is 1. The number of aliphatic hydroxyl groups is 1. The number of nitrogens with two attached hydrogens (primary N) is 2. The minimum Gasteiger partial charge on any atom is -0.493 e. The van der Waals surface area contributed by atoms with Gasteiger partial charge in [0.2, 0.25) is 5.88 Å². The van der Waals surface area contributed by atoms with Crippen LogP contribution in [0.1, 0.15) is 71.6 Å². The number of methoxy groups -OCH3 is 1. The topological polar surface area (TPSA) is 282 Å². The summed E-state index contributed by atoms with van der Waals surface area (Å²) < 4.78 is 10.0. The molecular weight excluding hydrogens is 664 g/mol. The maximum atomic E-state index is 12.2. The number of azo groups is 2. The molecule has 0 saturated carbocycles. The standard InChI is InChI=1S/C30H38N16O5/c1-6-8-10-18-23(37-39-27-16(20(48)15-47)13-33-43(27)3)25(31)45(41-18)21-12-22(49)36-30(35-21)46-26(32)24(19(42-46)11-9-7-2)38-40-28-17(29(50)51-5)14-34-44(28)4/h12-14,47H,6-11,15,31-32H2,1-5H3,(H,35,36,49). The SMILES string of the molecule is CCCCc1nn(-c2cc(O)nc(-n3nc(CCCC)c(N=Nc4c(C(=O)OC)cnn4C)c3N)n2)c(N)c1N=Nc1c(C(=O)CO)cnn1C. The first-order valence-corrected chi connectivity index (χ1v) is 16.0. The highest BCUT2D eigenvalue weighted by Crippen LogP contribution is 2.35. The molecule has 6 N–H and O–H groups in total. The zero-order valence-electron chi connectivity index (χ0n) is 28.7. The fourth-order valence-electron chi connectivity index (χ4n) is 4.95. The maximum absolute atomic E-state index is 12.2. The van der Waals surface area contributed by atoms with E-state index < -0.39 is 24.2 Å². The number of hydrogen-bond acceptors (Lipinski definition) is 17. The van der Waals surface area contributed by atoms with Gasteiger partial charge in [-0.2, -0.15) is 39.7 Å². The van der Waals surface area contributed by atoms with Gasteiger partial charge in [-0.25, -0.2) is 14.2 Å². The summed E-state index contributed by atoms with van der Waals surface area (Å²) in [5, 5.41) is 54.6. The minimum atomic E-state index is -0.721. The molecule has 5 aromatic heterocycles. The Morgan fingerprint density at radius 2 is 1.35 bits per heavy atom. The third kappa shape index (κ3) is 7.32. The molecule has 268 valence electrons. The van der Waals surface area contributed by atoms with E-state index in [1.165, 1.54) is 44.3 Å². The van der Waals surface area contributed by atoms with Crippen molar-refractivity contribution in [1.82, 2.24) is 49.1 Å². The number of nitrogens with zero attached hydrogens (tertiary/aromatic N) is 14. The molecule has 0 saturated heterocycles. The average Bonchev–Trinajstić information content (AvgIpc) is 3.86. The lowest BCUT2D eigenvalue weighted by molar-refractivity contribution is 0.0601. The van der Waals surface area contributed by atoms with Gasteiger partial charge in [0.25, 0.3) is 5.95 Å². The van der Waals surface area contributed by atoms with E-state index in [1.807, 2.05) is 13.8 Å². The quantitative estimate of drug-likeness (QED) is 0.0689. The number of rotatable bonds is 15. The van der Waals surface area contributed by atoms with Gasteiger partial charge in [0, 0.05) is 20.2 Å². The van der Waals surface area contributed by atoms with Crippen molar-refractivity contribution < 1.29 is 24.5 Å². The zero-order valence-corrected chi connectivity index (χ0v) is 28.7. The van der Waals surface area contributed by atoms with E-state index in [-0.39, 0.29) is 57.5 Å². The second-order valence-corrected chi connectivity index (χ2v) is 11.3. The smallest absolute Gasteiger partial charge is 0.343 e. The van der Waals surface area contributed by atoms with Crippen LogP contribution >= 0.6 is 0 Å². The lowest BCUT2D eigenvalue weighted by atomic mass is 10.2. The van der Waals surface area contributed by atoms with Gasteiger partial charge in [-0.1, -0.05) is 26.7 Å². The van der Waals surface area contributed by atoms with Crippen LogP contribution in [0, 0.1) is 0 Å². The Hall–Kier alpha value is -6.38.